The van der Waals surface area contributed by atoms with Crippen LogP contribution in [0.1, 0.15) is 22.8 Å². The number of halogens is 1. The molecule has 126 valence electrons. The average molecular weight is 358 g/mol. The molecule has 1 aromatic carbocycles. The first kappa shape index (κ1) is 16.5. The van der Waals surface area contributed by atoms with Gasteiger partial charge in [-0.3, -0.25) is 9.89 Å². The highest BCUT2D eigenvalue weighted by Gasteiger charge is 2.20. The number of hydrogen-bond donors (Lipinski definition) is 2. The highest BCUT2D eigenvalue weighted by Crippen LogP contribution is 2.25. The third-order valence-electron chi connectivity index (χ3n) is 3.40. The molecule has 3 rings (SSSR count). The number of nitrogens with one attached hydrogen (secondary N) is 2. The molecule has 9 heteroatoms. The molecule has 0 saturated heterocycles. The quantitative estimate of drug-likeness (QED) is 0.693. The summed E-state index contributed by atoms with van der Waals surface area (Å²) in [5, 5.41) is 15.2. The Labute approximate surface area is 146 Å². The van der Waals surface area contributed by atoms with Crippen molar-refractivity contribution in [2.45, 2.75) is 6.92 Å². The Kier molecular flexibility index (Phi) is 4.41. The molecule has 3 aromatic rings. The lowest BCUT2D eigenvalue weighted by atomic mass is 10.2. The van der Waals surface area contributed by atoms with Gasteiger partial charge < -0.3 is 10.1 Å². The minimum Gasteiger partial charge on any atom is -0.462 e. The molecule has 0 amide bonds. The number of esters is 1. The summed E-state index contributed by atoms with van der Waals surface area (Å²) < 4.78 is 5.96. The lowest BCUT2D eigenvalue weighted by Crippen LogP contribution is -2.21. The summed E-state index contributed by atoms with van der Waals surface area (Å²) in [6, 6.07) is 8.64. The molecule has 0 saturated carbocycles. The van der Waals surface area contributed by atoms with Gasteiger partial charge in [-0.05, 0) is 19.1 Å². The lowest BCUT2D eigenvalue weighted by Gasteiger charge is -2.09. The average Bonchev–Trinajstić information content (AvgIpc) is 3.02. The van der Waals surface area contributed by atoms with Crippen LogP contribution in [0.2, 0.25) is 5.02 Å². The maximum atomic E-state index is 12.5. The fourth-order valence-electron chi connectivity index (χ4n) is 2.26. The molecule has 0 fully saturated rings. The minimum atomic E-state index is -0.641. The number of ether oxygens (including phenoxy) is 1. The monoisotopic (exact) mass is 357 g/mol. The molecule has 0 atom stereocenters. The van der Waals surface area contributed by atoms with Gasteiger partial charge in [0.05, 0.1) is 17.3 Å². The first-order chi connectivity index (χ1) is 12.1. The van der Waals surface area contributed by atoms with Crippen LogP contribution in [0, 0.1) is 11.3 Å². The first-order valence-corrected chi connectivity index (χ1v) is 7.67. The predicted octanol–water partition coefficient (Wildman–Crippen LogP) is 2.47. The van der Waals surface area contributed by atoms with Crippen molar-refractivity contribution in [3.8, 4) is 6.07 Å². The number of carbonyl (C=O) groups excluding carboxylic acids is 1. The van der Waals surface area contributed by atoms with E-state index < -0.39 is 11.5 Å². The molecule has 2 N–H and O–H groups in total. The fourth-order valence-corrected chi connectivity index (χ4v) is 2.44. The number of anilines is 2. The summed E-state index contributed by atoms with van der Waals surface area (Å²) in [5.41, 5.74) is -0.236. The first-order valence-electron chi connectivity index (χ1n) is 7.29. The molecule has 0 aliphatic rings. The normalized spacial score (nSPS) is 10.4. The molecule has 0 bridgehead atoms. The van der Waals surface area contributed by atoms with E-state index in [4.69, 9.17) is 16.3 Å². The molecular formula is C16H12ClN5O3. The summed E-state index contributed by atoms with van der Waals surface area (Å²) in [6.07, 6.45) is 1.31. The predicted molar refractivity (Wildman–Crippen MR) is 91.2 cm³/mol. The van der Waals surface area contributed by atoms with E-state index >= 15 is 0 Å². The second-order valence-corrected chi connectivity index (χ2v) is 5.33. The lowest BCUT2D eigenvalue weighted by molar-refractivity contribution is 0.0528. The molecule has 2 heterocycles. The zero-order chi connectivity index (χ0) is 18.0. The van der Waals surface area contributed by atoms with Gasteiger partial charge in [0.15, 0.2) is 17.0 Å². The molecule has 8 nitrogen and oxygen atoms in total. The van der Waals surface area contributed by atoms with Crippen molar-refractivity contribution >= 4 is 34.7 Å². The highest BCUT2D eigenvalue weighted by molar-refractivity contribution is 6.33. The van der Waals surface area contributed by atoms with Crippen LogP contribution in [0.4, 0.5) is 11.5 Å². The van der Waals surface area contributed by atoms with Crippen LogP contribution < -0.4 is 10.9 Å². The Bertz CT molecular complexity index is 1060. The smallest absolute Gasteiger partial charge is 0.343 e. The summed E-state index contributed by atoms with van der Waals surface area (Å²) in [4.78, 5) is 28.7. The number of nitrogens with zero attached hydrogens (tertiary/aromatic N) is 3. The number of nitriles is 1. The number of fused-ring (bicyclic) bond motifs is 1. The zero-order valence-electron chi connectivity index (χ0n) is 13.0. The fraction of sp³-hybridized carbons (Fsp3) is 0.125. The van der Waals surface area contributed by atoms with E-state index in [0.717, 1.165) is 4.52 Å². The van der Waals surface area contributed by atoms with E-state index in [1.54, 1.807) is 31.2 Å². The van der Waals surface area contributed by atoms with Crippen LogP contribution >= 0.6 is 11.6 Å². The van der Waals surface area contributed by atoms with Gasteiger partial charge in [0.1, 0.15) is 11.6 Å². The van der Waals surface area contributed by atoms with Crippen LogP contribution in [0.15, 0.2) is 35.3 Å². The Morgan fingerprint density at radius 2 is 2.24 bits per heavy atom. The van der Waals surface area contributed by atoms with E-state index in [1.165, 1.54) is 6.20 Å². The molecule has 0 radical (unpaired) electrons. The number of hydrogen-bond acceptors (Lipinski definition) is 6. The molecule has 0 aliphatic carbocycles. The van der Waals surface area contributed by atoms with Gasteiger partial charge in [-0.2, -0.15) is 9.78 Å². The number of aromatic nitrogens is 3. The topological polar surface area (TPSA) is 112 Å². The van der Waals surface area contributed by atoms with Gasteiger partial charge in [-0.25, -0.2) is 9.78 Å². The van der Waals surface area contributed by atoms with Crippen molar-refractivity contribution in [3.05, 3.63) is 57.0 Å². The van der Waals surface area contributed by atoms with Gasteiger partial charge in [-0.15, -0.1) is 0 Å². The molecule has 25 heavy (non-hydrogen) atoms. The second kappa shape index (κ2) is 6.67. The third-order valence-corrected chi connectivity index (χ3v) is 3.73. The minimum absolute atomic E-state index is 0.00532. The molecule has 0 unspecified atom stereocenters. The Morgan fingerprint density at radius 1 is 1.48 bits per heavy atom. The Hall–Kier alpha value is -3.31. The van der Waals surface area contributed by atoms with Crippen molar-refractivity contribution in [2.24, 2.45) is 0 Å². The summed E-state index contributed by atoms with van der Waals surface area (Å²) in [5.74, 6) is -0.618. The van der Waals surface area contributed by atoms with Crippen LogP contribution in [0.25, 0.3) is 5.65 Å². The summed E-state index contributed by atoms with van der Waals surface area (Å²) >= 11 is 6.09. The SMILES string of the molecule is CCOC(=O)c1c[nH]n2c(=O)c(C#N)c(Nc3ccccc3Cl)nc12. The number of H-pyrrole nitrogens is 1. The van der Waals surface area contributed by atoms with Crippen molar-refractivity contribution in [3.63, 3.8) is 0 Å². The van der Waals surface area contributed by atoms with Gasteiger partial charge in [-0.1, -0.05) is 23.7 Å². The van der Waals surface area contributed by atoms with Gasteiger partial charge in [0, 0.05) is 6.20 Å². The molecule has 0 aliphatic heterocycles. The summed E-state index contributed by atoms with van der Waals surface area (Å²) in [7, 11) is 0. The van der Waals surface area contributed by atoms with Crippen LogP contribution in [0.5, 0.6) is 0 Å². The maximum Gasteiger partial charge on any atom is 0.343 e. The number of benzene rings is 1. The third kappa shape index (κ3) is 2.93. The number of rotatable bonds is 4. The Morgan fingerprint density at radius 3 is 2.92 bits per heavy atom. The van der Waals surface area contributed by atoms with Crippen molar-refractivity contribution < 1.29 is 9.53 Å². The van der Waals surface area contributed by atoms with E-state index in [0.29, 0.717) is 10.7 Å². The van der Waals surface area contributed by atoms with Crippen molar-refractivity contribution in [1.29, 1.82) is 5.26 Å². The second-order valence-electron chi connectivity index (χ2n) is 4.92. The largest absolute Gasteiger partial charge is 0.462 e. The molecule has 0 spiro atoms. The van der Waals surface area contributed by atoms with Crippen molar-refractivity contribution in [2.75, 3.05) is 11.9 Å². The standard InChI is InChI=1S/C16H12ClN5O3/c1-2-25-16(24)10-8-19-22-14(10)21-13(9(7-18)15(22)23)20-12-6-4-3-5-11(12)17/h3-6,8,19-20H,2H2,1H3. The summed E-state index contributed by atoms with van der Waals surface area (Å²) in [6.45, 7) is 1.85. The highest BCUT2D eigenvalue weighted by atomic mass is 35.5. The van der Waals surface area contributed by atoms with E-state index in [-0.39, 0.29) is 29.2 Å². The van der Waals surface area contributed by atoms with Crippen LogP contribution in [0.3, 0.4) is 0 Å². The van der Waals surface area contributed by atoms with Gasteiger partial charge >= 0.3 is 5.97 Å². The van der Waals surface area contributed by atoms with Crippen LogP contribution in [-0.2, 0) is 4.74 Å². The molecular weight excluding hydrogens is 346 g/mol. The van der Waals surface area contributed by atoms with E-state index in [1.807, 2.05) is 6.07 Å². The van der Waals surface area contributed by atoms with Gasteiger partial charge in [0.2, 0.25) is 0 Å². The van der Waals surface area contributed by atoms with Crippen molar-refractivity contribution in [1.82, 2.24) is 14.6 Å². The van der Waals surface area contributed by atoms with E-state index in [2.05, 4.69) is 15.4 Å². The number of para-hydroxylation sites is 1. The van der Waals surface area contributed by atoms with E-state index in [9.17, 15) is 14.9 Å². The van der Waals surface area contributed by atoms with Crippen LogP contribution in [-0.4, -0.2) is 27.2 Å². The maximum absolute atomic E-state index is 12.5. The number of carbonyl (C=O) groups is 1. The molecule has 2 aromatic heterocycles. The zero-order valence-corrected chi connectivity index (χ0v) is 13.8. The number of aromatic amines is 1. The van der Waals surface area contributed by atoms with Gasteiger partial charge in [0.25, 0.3) is 5.56 Å². The Balaban J connectivity index is 2.19.